The van der Waals surface area contributed by atoms with Crippen molar-refractivity contribution in [1.82, 2.24) is 0 Å². The Kier molecular flexibility index (Phi) is 6.13. The summed E-state index contributed by atoms with van der Waals surface area (Å²) in [6, 6.07) is 7.16. The molecule has 0 bridgehead atoms. The topological polar surface area (TPSA) is 86.2 Å². The molecule has 0 unspecified atom stereocenters. The van der Waals surface area contributed by atoms with Crippen LogP contribution in [0.4, 0.5) is 0 Å². The predicted octanol–water partition coefficient (Wildman–Crippen LogP) is 0.804. The van der Waals surface area contributed by atoms with Crippen LogP contribution in [0.15, 0.2) is 24.3 Å². The second kappa shape index (κ2) is 6.84. The number of carbonyl (C=O) groups is 2. The standard InChI is InChI=1S/C8H9NO.C2H4ClNO/c1-6-2-4-7(5-3-6)8(9)10;3-1-2(4)5/h2-5H,1H3,(H2,9,10);1H2,(H2,4,5). The summed E-state index contributed by atoms with van der Waals surface area (Å²) >= 11 is 4.86. The Morgan fingerprint density at radius 3 is 1.87 bits per heavy atom. The summed E-state index contributed by atoms with van der Waals surface area (Å²) in [5, 5.41) is 0. The van der Waals surface area contributed by atoms with Crippen molar-refractivity contribution in [3.8, 4) is 0 Å². The van der Waals surface area contributed by atoms with Gasteiger partial charge in [0, 0.05) is 5.56 Å². The van der Waals surface area contributed by atoms with Gasteiger partial charge < -0.3 is 11.5 Å². The fourth-order valence-corrected chi connectivity index (χ4v) is 0.718. The van der Waals surface area contributed by atoms with Crippen molar-refractivity contribution < 1.29 is 9.59 Å². The molecule has 15 heavy (non-hydrogen) atoms. The highest BCUT2D eigenvalue weighted by molar-refractivity contribution is 6.27. The van der Waals surface area contributed by atoms with Gasteiger partial charge in [-0.1, -0.05) is 17.7 Å². The number of carbonyl (C=O) groups excluding carboxylic acids is 2. The lowest BCUT2D eigenvalue weighted by molar-refractivity contribution is -0.115. The second-order valence-electron chi connectivity index (χ2n) is 2.83. The first-order valence-electron chi connectivity index (χ1n) is 4.18. The molecular formula is C10H13ClN2O2. The van der Waals surface area contributed by atoms with Crippen LogP contribution in [-0.2, 0) is 4.79 Å². The zero-order valence-corrected chi connectivity index (χ0v) is 9.12. The van der Waals surface area contributed by atoms with Gasteiger partial charge in [-0.25, -0.2) is 0 Å². The number of primary amides is 2. The molecule has 0 heterocycles. The molecule has 0 saturated carbocycles. The molecule has 0 aliphatic heterocycles. The van der Waals surface area contributed by atoms with Crippen molar-refractivity contribution in [3.05, 3.63) is 35.4 Å². The predicted molar refractivity (Wildman–Crippen MR) is 59.6 cm³/mol. The summed E-state index contributed by atoms with van der Waals surface area (Å²) in [4.78, 5) is 20.0. The Labute approximate surface area is 93.2 Å². The third kappa shape index (κ3) is 6.51. The van der Waals surface area contributed by atoms with E-state index in [1.165, 1.54) is 0 Å². The van der Waals surface area contributed by atoms with Gasteiger partial charge in [-0.05, 0) is 19.1 Å². The number of halogens is 1. The van der Waals surface area contributed by atoms with Crippen molar-refractivity contribution in [2.24, 2.45) is 11.5 Å². The zero-order chi connectivity index (χ0) is 11.8. The van der Waals surface area contributed by atoms with Crippen molar-refractivity contribution in [1.29, 1.82) is 0 Å². The maximum absolute atomic E-state index is 10.5. The molecule has 1 aromatic carbocycles. The van der Waals surface area contributed by atoms with Crippen LogP contribution in [0.1, 0.15) is 15.9 Å². The molecule has 1 rings (SSSR count). The lowest BCUT2D eigenvalue weighted by Crippen LogP contribution is -2.10. The highest BCUT2D eigenvalue weighted by Crippen LogP contribution is 2.00. The minimum Gasteiger partial charge on any atom is -0.369 e. The van der Waals surface area contributed by atoms with Crippen LogP contribution in [0, 0.1) is 6.92 Å². The number of alkyl halides is 1. The number of rotatable bonds is 2. The van der Waals surface area contributed by atoms with E-state index >= 15 is 0 Å². The van der Waals surface area contributed by atoms with Crippen LogP contribution in [-0.4, -0.2) is 17.7 Å². The minimum absolute atomic E-state index is 0.0833. The summed E-state index contributed by atoms with van der Waals surface area (Å²) in [5.74, 6) is -0.938. The Morgan fingerprint density at radius 2 is 1.60 bits per heavy atom. The van der Waals surface area contributed by atoms with Crippen LogP contribution in [0.25, 0.3) is 0 Å². The Balaban J connectivity index is 0.000000336. The summed E-state index contributed by atoms with van der Waals surface area (Å²) in [5.41, 5.74) is 11.2. The van der Waals surface area contributed by atoms with Crippen LogP contribution in [0.3, 0.4) is 0 Å². The molecule has 4 N–H and O–H groups in total. The molecule has 82 valence electrons. The highest BCUT2D eigenvalue weighted by atomic mass is 35.5. The molecule has 2 amide bonds. The van der Waals surface area contributed by atoms with Crippen LogP contribution >= 0.6 is 11.6 Å². The number of amides is 2. The SMILES string of the molecule is Cc1ccc(C(N)=O)cc1.NC(=O)CCl. The first-order valence-corrected chi connectivity index (χ1v) is 4.71. The normalized spacial score (nSPS) is 8.67. The summed E-state index contributed by atoms with van der Waals surface area (Å²) in [7, 11) is 0. The van der Waals surface area contributed by atoms with E-state index in [4.69, 9.17) is 17.3 Å². The van der Waals surface area contributed by atoms with E-state index in [1.807, 2.05) is 19.1 Å². The fraction of sp³-hybridized carbons (Fsp3) is 0.200. The third-order valence-electron chi connectivity index (χ3n) is 1.47. The molecular weight excluding hydrogens is 216 g/mol. The van der Waals surface area contributed by atoms with E-state index in [0.29, 0.717) is 5.56 Å². The lowest BCUT2D eigenvalue weighted by Gasteiger charge is -1.93. The molecule has 0 atom stereocenters. The van der Waals surface area contributed by atoms with E-state index in [0.717, 1.165) is 5.56 Å². The van der Waals surface area contributed by atoms with Gasteiger partial charge in [-0.2, -0.15) is 0 Å². The van der Waals surface area contributed by atoms with Crippen molar-refractivity contribution in [2.45, 2.75) is 6.92 Å². The number of nitrogens with two attached hydrogens (primary N) is 2. The molecule has 0 radical (unpaired) electrons. The van der Waals surface area contributed by atoms with Gasteiger partial charge in [0.2, 0.25) is 11.8 Å². The number of hydrogen-bond donors (Lipinski definition) is 2. The number of hydrogen-bond acceptors (Lipinski definition) is 2. The quantitative estimate of drug-likeness (QED) is 0.734. The van der Waals surface area contributed by atoms with Crippen LogP contribution in [0.5, 0.6) is 0 Å². The molecule has 5 heteroatoms. The Morgan fingerprint density at radius 1 is 1.20 bits per heavy atom. The van der Waals surface area contributed by atoms with Gasteiger partial charge in [0.05, 0.1) is 0 Å². The van der Waals surface area contributed by atoms with E-state index < -0.39 is 5.91 Å². The van der Waals surface area contributed by atoms with Crippen molar-refractivity contribution in [3.63, 3.8) is 0 Å². The summed E-state index contributed by atoms with van der Waals surface area (Å²) < 4.78 is 0. The number of aryl methyl sites for hydroxylation is 1. The maximum Gasteiger partial charge on any atom is 0.248 e. The van der Waals surface area contributed by atoms with Crippen LogP contribution < -0.4 is 11.5 Å². The molecule has 1 aromatic rings. The minimum atomic E-state index is -0.480. The Hall–Kier alpha value is -1.55. The maximum atomic E-state index is 10.5. The van der Waals surface area contributed by atoms with Gasteiger partial charge >= 0.3 is 0 Å². The smallest absolute Gasteiger partial charge is 0.248 e. The first kappa shape index (κ1) is 13.4. The largest absolute Gasteiger partial charge is 0.369 e. The molecule has 4 nitrogen and oxygen atoms in total. The van der Waals surface area contributed by atoms with E-state index in [9.17, 15) is 9.59 Å². The number of benzene rings is 1. The van der Waals surface area contributed by atoms with Crippen molar-refractivity contribution in [2.75, 3.05) is 5.88 Å². The van der Waals surface area contributed by atoms with E-state index in [-0.39, 0.29) is 11.8 Å². The van der Waals surface area contributed by atoms with Gasteiger partial charge in [-0.15, -0.1) is 11.6 Å². The van der Waals surface area contributed by atoms with E-state index in [2.05, 4.69) is 5.73 Å². The van der Waals surface area contributed by atoms with Crippen LogP contribution in [0.2, 0.25) is 0 Å². The van der Waals surface area contributed by atoms with Gasteiger partial charge in [-0.3, -0.25) is 9.59 Å². The Bertz CT molecular complexity index is 336. The molecule has 0 fully saturated rings. The van der Waals surface area contributed by atoms with Gasteiger partial charge in [0.25, 0.3) is 0 Å². The summed E-state index contributed by atoms with van der Waals surface area (Å²) in [6.07, 6.45) is 0. The zero-order valence-electron chi connectivity index (χ0n) is 8.37. The summed E-state index contributed by atoms with van der Waals surface area (Å²) in [6.45, 7) is 1.96. The average molecular weight is 229 g/mol. The molecule has 0 aliphatic carbocycles. The lowest BCUT2D eigenvalue weighted by atomic mass is 10.1. The van der Waals surface area contributed by atoms with Gasteiger partial charge in [0.15, 0.2) is 0 Å². The van der Waals surface area contributed by atoms with Gasteiger partial charge in [0.1, 0.15) is 5.88 Å². The highest BCUT2D eigenvalue weighted by Gasteiger charge is 1.95. The van der Waals surface area contributed by atoms with Crippen molar-refractivity contribution >= 4 is 23.4 Å². The fourth-order valence-electron chi connectivity index (χ4n) is 0.718. The third-order valence-corrected chi connectivity index (χ3v) is 1.73. The average Bonchev–Trinajstić information content (AvgIpc) is 2.19. The monoisotopic (exact) mass is 228 g/mol. The molecule has 0 spiro atoms. The first-order chi connectivity index (χ1) is 6.97. The second-order valence-corrected chi connectivity index (χ2v) is 3.10. The molecule has 0 aromatic heterocycles. The van der Waals surface area contributed by atoms with E-state index in [1.54, 1.807) is 12.1 Å². The molecule has 0 aliphatic rings. The molecule has 0 saturated heterocycles.